The molecule has 0 bridgehead atoms. The number of aryl methyl sites for hydroxylation is 1. The largest absolute Gasteiger partial charge is 0.496 e. The zero-order valence-electron chi connectivity index (χ0n) is 13.6. The van der Waals surface area contributed by atoms with Gasteiger partial charge in [0, 0.05) is 5.54 Å². The van der Waals surface area contributed by atoms with Crippen LogP contribution in [0.5, 0.6) is 5.75 Å². The van der Waals surface area contributed by atoms with Gasteiger partial charge in [0.1, 0.15) is 5.75 Å². The molecule has 0 amide bonds. The minimum Gasteiger partial charge on any atom is -0.496 e. The summed E-state index contributed by atoms with van der Waals surface area (Å²) in [6.07, 6.45) is 1.12. The zero-order valence-corrected chi connectivity index (χ0v) is 13.6. The predicted octanol–water partition coefficient (Wildman–Crippen LogP) is 4.06. The first-order chi connectivity index (χ1) is 8.65. The Balaban J connectivity index is 2.74. The van der Waals surface area contributed by atoms with E-state index in [0.717, 1.165) is 18.7 Å². The molecule has 1 N–H and O–H groups in total. The number of ether oxygens (including phenoxy) is 1. The van der Waals surface area contributed by atoms with E-state index in [1.165, 1.54) is 11.1 Å². The molecule has 0 fully saturated rings. The fraction of sp³-hybridized carbons (Fsp3) is 0.647. The summed E-state index contributed by atoms with van der Waals surface area (Å²) in [5.41, 5.74) is 2.94. The van der Waals surface area contributed by atoms with Gasteiger partial charge in [-0.15, -0.1) is 0 Å². The Morgan fingerprint density at radius 3 is 2.21 bits per heavy atom. The summed E-state index contributed by atoms with van der Waals surface area (Å²) in [7, 11) is 1.72. The smallest absolute Gasteiger partial charge is 0.121 e. The standard InChI is InChI=1S/C17H29NO/c1-13-12-14(8-9-15(13)19-7)17(5,6)10-11-18-16(2,3)4/h8-9,12,18H,10-11H2,1-7H3. The lowest BCUT2D eigenvalue weighted by atomic mass is 9.80. The van der Waals surface area contributed by atoms with Crippen molar-refractivity contribution in [3.63, 3.8) is 0 Å². The molecule has 0 saturated heterocycles. The van der Waals surface area contributed by atoms with Crippen molar-refractivity contribution in [1.29, 1.82) is 0 Å². The molecule has 2 heteroatoms. The van der Waals surface area contributed by atoms with Crippen molar-refractivity contribution in [2.24, 2.45) is 0 Å². The number of rotatable bonds is 5. The van der Waals surface area contributed by atoms with Crippen molar-refractivity contribution < 1.29 is 4.74 Å². The van der Waals surface area contributed by atoms with E-state index < -0.39 is 0 Å². The average Bonchev–Trinajstić information content (AvgIpc) is 2.26. The summed E-state index contributed by atoms with van der Waals surface area (Å²) >= 11 is 0. The van der Waals surface area contributed by atoms with Crippen LogP contribution in [0, 0.1) is 6.92 Å². The summed E-state index contributed by atoms with van der Waals surface area (Å²) in [6, 6.07) is 6.50. The fourth-order valence-corrected chi connectivity index (χ4v) is 2.19. The van der Waals surface area contributed by atoms with Crippen LogP contribution in [0.15, 0.2) is 18.2 Å². The van der Waals surface area contributed by atoms with Crippen LogP contribution in [0.1, 0.15) is 52.2 Å². The van der Waals surface area contributed by atoms with Gasteiger partial charge >= 0.3 is 0 Å². The van der Waals surface area contributed by atoms with Gasteiger partial charge in [-0.25, -0.2) is 0 Å². The zero-order chi connectivity index (χ0) is 14.7. The monoisotopic (exact) mass is 263 g/mol. The maximum atomic E-state index is 5.33. The van der Waals surface area contributed by atoms with Crippen molar-refractivity contribution in [2.45, 2.75) is 58.9 Å². The van der Waals surface area contributed by atoms with E-state index in [1.54, 1.807) is 7.11 Å². The lowest BCUT2D eigenvalue weighted by Gasteiger charge is -2.29. The van der Waals surface area contributed by atoms with Gasteiger partial charge < -0.3 is 10.1 Å². The Labute approximate surface area is 118 Å². The summed E-state index contributed by atoms with van der Waals surface area (Å²) in [4.78, 5) is 0. The molecule has 1 aromatic carbocycles. The molecular formula is C17H29NO. The minimum absolute atomic E-state index is 0.176. The van der Waals surface area contributed by atoms with Crippen LogP contribution in [0.3, 0.4) is 0 Å². The quantitative estimate of drug-likeness (QED) is 0.865. The SMILES string of the molecule is COc1ccc(C(C)(C)CCNC(C)(C)C)cc1C. The van der Waals surface area contributed by atoms with E-state index in [9.17, 15) is 0 Å². The number of hydrogen-bond acceptors (Lipinski definition) is 2. The van der Waals surface area contributed by atoms with Gasteiger partial charge in [0.15, 0.2) is 0 Å². The normalized spacial score (nSPS) is 12.6. The summed E-state index contributed by atoms with van der Waals surface area (Å²) in [5.74, 6) is 0.965. The van der Waals surface area contributed by atoms with E-state index in [1.807, 2.05) is 0 Å². The second-order valence-corrected chi connectivity index (χ2v) is 7.00. The highest BCUT2D eigenvalue weighted by molar-refractivity contribution is 5.38. The minimum atomic E-state index is 0.176. The number of methoxy groups -OCH3 is 1. The van der Waals surface area contributed by atoms with Gasteiger partial charge in [-0.05, 0) is 63.3 Å². The first-order valence-corrected chi connectivity index (χ1v) is 7.06. The molecule has 0 aliphatic heterocycles. The van der Waals surface area contributed by atoms with Crippen LogP contribution in [-0.4, -0.2) is 19.2 Å². The summed E-state index contributed by atoms with van der Waals surface area (Å²) in [5, 5.41) is 3.56. The molecule has 0 heterocycles. The highest BCUT2D eigenvalue weighted by Crippen LogP contribution is 2.30. The molecule has 1 aromatic rings. The molecule has 0 unspecified atom stereocenters. The van der Waals surface area contributed by atoms with Gasteiger partial charge in [0.05, 0.1) is 7.11 Å². The summed E-state index contributed by atoms with van der Waals surface area (Å²) < 4.78 is 5.33. The lowest BCUT2D eigenvalue weighted by Crippen LogP contribution is -2.38. The second kappa shape index (κ2) is 5.96. The van der Waals surface area contributed by atoms with Crippen LogP contribution >= 0.6 is 0 Å². The summed E-state index contributed by atoms with van der Waals surface area (Å²) in [6.45, 7) is 14.4. The molecule has 0 radical (unpaired) electrons. The van der Waals surface area contributed by atoms with Gasteiger partial charge in [0.2, 0.25) is 0 Å². The third-order valence-corrected chi connectivity index (χ3v) is 3.58. The number of nitrogens with one attached hydrogen (secondary N) is 1. The molecule has 0 aliphatic rings. The molecule has 19 heavy (non-hydrogen) atoms. The Hall–Kier alpha value is -1.02. The van der Waals surface area contributed by atoms with E-state index >= 15 is 0 Å². The van der Waals surface area contributed by atoms with Gasteiger partial charge in [-0.3, -0.25) is 0 Å². The third-order valence-electron chi connectivity index (χ3n) is 3.58. The highest BCUT2D eigenvalue weighted by Gasteiger charge is 2.22. The topological polar surface area (TPSA) is 21.3 Å². The van der Waals surface area contributed by atoms with Crippen molar-refractivity contribution in [2.75, 3.05) is 13.7 Å². The maximum absolute atomic E-state index is 5.33. The average molecular weight is 263 g/mol. The van der Waals surface area contributed by atoms with E-state index in [-0.39, 0.29) is 11.0 Å². The number of hydrogen-bond donors (Lipinski definition) is 1. The van der Waals surface area contributed by atoms with Gasteiger partial charge in [-0.2, -0.15) is 0 Å². The Morgan fingerprint density at radius 2 is 1.74 bits per heavy atom. The molecule has 0 aromatic heterocycles. The molecule has 108 valence electrons. The Kier molecular flexibility index (Phi) is 5.03. The predicted molar refractivity (Wildman–Crippen MR) is 83.1 cm³/mol. The molecule has 0 aliphatic carbocycles. The maximum Gasteiger partial charge on any atom is 0.121 e. The van der Waals surface area contributed by atoms with Crippen LogP contribution in [0.4, 0.5) is 0 Å². The second-order valence-electron chi connectivity index (χ2n) is 7.00. The van der Waals surface area contributed by atoms with Gasteiger partial charge in [0.25, 0.3) is 0 Å². The molecule has 2 nitrogen and oxygen atoms in total. The van der Waals surface area contributed by atoms with Gasteiger partial charge in [-0.1, -0.05) is 26.0 Å². The van der Waals surface area contributed by atoms with Crippen molar-refractivity contribution >= 4 is 0 Å². The number of benzene rings is 1. The van der Waals surface area contributed by atoms with Crippen molar-refractivity contribution in [3.8, 4) is 5.75 Å². The van der Waals surface area contributed by atoms with Crippen LogP contribution in [0.2, 0.25) is 0 Å². The van der Waals surface area contributed by atoms with E-state index in [4.69, 9.17) is 4.74 Å². The highest BCUT2D eigenvalue weighted by atomic mass is 16.5. The fourth-order valence-electron chi connectivity index (χ4n) is 2.19. The first kappa shape index (κ1) is 16.0. The third kappa shape index (κ3) is 4.87. The van der Waals surface area contributed by atoms with Crippen molar-refractivity contribution in [1.82, 2.24) is 5.32 Å². The molecule has 0 atom stereocenters. The van der Waals surface area contributed by atoms with Crippen LogP contribution < -0.4 is 10.1 Å². The first-order valence-electron chi connectivity index (χ1n) is 7.06. The molecule has 0 saturated carbocycles. The molecule has 1 rings (SSSR count). The van der Waals surface area contributed by atoms with Crippen LogP contribution in [0.25, 0.3) is 0 Å². The van der Waals surface area contributed by atoms with E-state index in [0.29, 0.717) is 0 Å². The Morgan fingerprint density at radius 1 is 1.11 bits per heavy atom. The van der Waals surface area contributed by atoms with Crippen molar-refractivity contribution in [3.05, 3.63) is 29.3 Å². The van der Waals surface area contributed by atoms with Crippen LogP contribution in [-0.2, 0) is 5.41 Å². The molecular weight excluding hydrogens is 234 g/mol. The van der Waals surface area contributed by atoms with E-state index in [2.05, 4.69) is 65.1 Å². The molecule has 0 spiro atoms. The lowest BCUT2D eigenvalue weighted by molar-refractivity contribution is 0.378. The Bertz CT molecular complexity index is 416.